The number of benzene rings is 1. The molecule has 0 aliphatic carbocycles. The quantitative estimate of drug-likeness (QED) is 0.178. The molecule has 1 N–H and O–H groups in total. The van der Waals surface area contributed by atoms with Crippen LogP contribution in [-0.2, 0) is 16.2 Å². The Balaban J connectivity index is 0.000000604. The van der Waals surface area contributed by atoms with Gasteiger partial charge in [0.15, 0.2) is 0 Å². The van der Waals surface area contributed by atoms with Gasteiger partial charge in [-0.15, -0.1) is 0 Å². The lowest BCUT2D eigenvalue weighted by Crippen LogP contribution is -2.50. The van der Waals surface area contributed by atoms with Crippen molar-refractivity contribution in [1.29, 1.82) is 0 Å². The molecule has 0 saturated carbocycles. The molecule has 5 heteroatoms. The van der Waals surface area contributed by atoms with Crippen LogP contribution < -0.4 is 10.6 Å². The van der Waals surface area contributed by atoms with Gasteiger partial charge in [-0.1, -0.05) is 83.7 Å². The van der Waals surface area contributed by atoms with Crippen LogP contribution in [0.4, 0.5) is 0 Å². The summed E-state index contributed by atoms with van der Waals surface area (Å²) in [5.74, 6) is -1.03. The van der Waals surface area contributed by atoms with E-state index in [0.29, 0.717) is 19.6 Å². The van der Waals surface area contributed by atoms with Gasteiger partial charge in [0.25, 0.3) is 0 Å². The molecular weight excluding hydrogens is 400 g/mol. The summed E-state index contributed by atoms with van der Waals surface area (Å²) in [6.07, 6.45) is 11.6. The Kier molecular flexibility index (Phi) is 20.5. The zero-order valence-electron chi connectivity index (χ0n) is 21.4. The first kappa shape index (κ1) is 30.6. The van der Waals surface area contributed by atoms with Crippen LogP contribution in [0.1, 0.15) is 97.5 Å². The maximum atomic E-state index is 10.1. The topological polar surface area (TPSA) is 61.4 Å². The Bertz CT molecular complexity index is 499. The second kappa shape index (κ2) is 21.4. The van der Waals surface area contributed by atoms with Gasteiger partial charge in [0.2, 0.25) is 0 Å². The average Bonchev–Trinajstić information content (AvgIpc) is 2.81. The third-order valence-electron chi connectivity index (χ3n) is 5.79. The number of hydroxylamine groups is 1. The number of rotatable bonds is 19. The van der Waals surface area contributed by atoms with Gasteiger partial charge < -0.3 is 14.4 Å². The maximum absolute atomic E-state index is 10.1. The minimum atomic E-state index is -1.03. The number of carboxylic acid groups (broad SMARTS) is 1. The lowest BCUT2D eigenvalue weighted by atomic mass is 10.1. The Morgan fingerprint density at radius 1 is 0.812 bits per heavy atom. The van der Waals surface area contributed by atoms with Crippen LogP contribution in [0.25, 0.3) is 0 Å². The summed E-state index contributed by atoms with van der Waals surface area (Å²) >= 11 is 0. The Morgan fingerprint density at radius 3 is 1.69 bits per heavy atom. The molecule has 0 atom stereocenters. The van der Waals surface area contributed by atoms with Crippen molar-refractivity contribution in [2.24, 2.45) is 0 Å². The molecule has 1 aromatic carbocycles. The fraction of sp³-hybridized carbons (Fsp3) is 0.741. The van der Waals surface area contributed by atoms with Gasteiger partial charge in [-0.25, -0.2) is 5.48 Å². The Labute approximate surface area is 198 Å². The molecule has 1 aromatic rings. The predicted octanol–water partition coefficient (Wildman–Crippen LogP) is 5.24. The second-order valence-electron chi connectivity index (χ2n) is 8.79. The molecule has 5 nitrogen and oxygen atoms in total. The Hall–Kier alpha value is -1.43. The van der Waals surface area contributed by atoms with Crippen LogP contribution in [0, 0.1) is 0 Å². The molecule has 186 valence electrons. The number of nitrogens with zero attached hydrogens (tertiary/aromatic N) is 1. The van der Waals surface area contributed by atoms with E-state index in [4.69, 9.17) is 4.84 Å². The largest absolute Gasteiger partial charge is 0.550 e. The molecule has 0 bridgehead atoms. The summed E-state index contributed by atoms with van der Waals surface area (Å²) in [7, 11) is 0. The van der Waals surface area contributed by atoms with Crippen molar-refractivity contribution in [2.45, 2.75) is 98.5 Å². The Morgan fingerprint density at radius 2 is 1.28 bits per heavy atom. The van der Waals surface area contributed by atoms with Crippen LogP contribution in [0.5, 0.6) is 0 Å². The maximum Gasteiger partial charge on any atom is 0.0933 e. The van der Waals surface area contributed by atoms with Crippen molar-refractivity contribution in [1.82, 2.24) is 5.48 Å². The minimum Gasteiger partial charge on any atom is -0.550 e. The fourth-order valence-electron chi connectivity index (χ4n) is 3.73. The van der Waals surface area contributed by atoms with Crippen molar-refractivity contribution in [2.75, 3.05) is 32.7 Å². The third-order valence-corrected chi connectivity index (χ3v) is 5.79. The van der Waals surface area contributed by atoms with Gasteiger partial charge in [-0.2, -0.15) is 0 Å². The van der Waals surface area contributed by atoms with E-state index in [0.717, 1.165) is 5.56 Å². The number of carbonyl (C=O) groups is 1. The smallest absolute Gasteiger partial charge is 0.0933 e. The van der Waals surface area contributed by atoms with E-state index >= 15 is 0 Å². The number of aliphatic carboxylic acids is 1. The van der Waals surface area contributed by atoms with Gasteiger partial charge in [0.1, 0.15) is 0 Å². The van der Waals surface area contributed by atoms with E-state index in [1.807, 2.05) is 30.3 Å². The summed E-state index contributed by atoms with van der Waals surface area (Å²) in [5, 5.41) is 10.1. The molecule has 0 spiro atoms. The van der Waals surface area contributed by atoms with Gasteiger partial charge in [0, 0.05) is 12.5 Å². The number of hydrogen-bond donors (Lipinski definition) is 1. The van der Waals surface area contributed by atoms with Crippen LogP contribution >= 0.6 is 0 Å². The van der Waals surface area contributed by atoms with Crippen molar-refractivity contribution in [3.8, 4) is 0 Å². The van der Waals surface area contributed by atoms with Crippen LogP contribution in [0.15, 0.2) is 30.3 Å². The number of nitrogens with one attached hydrogen (secondary N) is 1. The first-order chi connectivity index (χ1) is 15.5. The van der Waals surface area contributed by atoms with E-state index in [1.165, 1.54) is 82.0 Å². The van der Waals surface area contributed by atoms with Crippen molar-refractivity contribution in [3.63, 3.8) is 0 Å². The van der Waals surface area contributed by atoms with E-state index in [1.54, 1.807) is 0 Å². The summed E-state index contributed by atoms with van der Waals surface area (Å²) < 4.78 is 1.42. The van der Waals surface area contributed by atoms with E-state index in [9.17, 15) is 9.90 Å². The van der Waals surface area contributed by atoms with Gasteiger partial charge >= 0.3 is 0 Å². The SMILES string of the molecule is CCCC[N+](CCCC)(CCCC)CCCC.O=C([O-])CCCNOCc1ccccc1. The zero-order valence-corrected chi connectivity index (χ0v) is 21.4. The number of unbranched alkanes of at least 4 members (excludes halogenated alkanes) is 4. The summed E-state index contributed by atoms with van der Waals surface area (Å²) in [5.41, 5.74) is 3.77. The average molecular weight is 451 g/mol. The molecule has 0 amide bonds. The van der Waals surface area contributed by atoms with E-state index < -0.39 is 5.97 Å². The van der Waals surface area contributed by atoms with Gasteiger partial charge in [-0.05, 0) is 44.1 Å². The standard InChI is InChI=1S/C16H36N.C11H15NO3/c1-5-9-13-17(14-10-6-2,15-11-7-3)16-12-8-4;13-11(14)7-4-8-12-15-9-10-5-2-1-3-6-10/h5-16H2,1-4H3;1-3,5-6,12H,4,7-9H2,(H,13,14)/q+1;/p-1. The molecule has 0 aliphatic heterocycles. The zero-order chi connectivity index (χ0) is 23.9. The molecule has 0 fully saturated rings. The van der Waals surface area contributed by atoms with Gasteiger partial charge in [-0.3, -0.25) is 4.84 Å². The molecule has 0 saturated heterocycles. The number of carboxylic acids is 1. The molecular formula is C27H50N2O3. The van der Waals surface area contributed by atoms with Crippen LogP contribution in [-0.4, -0.2) is 43.2 Å². The lowest BCUT2D eigenvalue weighted by Gasteiger charge is -2.39. The normalized spacial score (nSPS) is 11.1. The van der Waals surface area contributed by atoms with Crippen molar-refractivity contribution in [3.05, 3.63) is 35.9 Å². The number of hydrogen-bond acceptors (Lipinski definition) is 4. The first-order valence-electron chi connectivity index (χ1n) is 13.0. The van der Waals surface area contributed by atoms with Crippen molar-refractivity contribution >= 4 is 5.97 Å². The fourth-order valence-corrected chi connectivity index (χ4v) is 3.73. The second-order valence-corrected chi connectivity index (χ2v) is 8.79. The molecule has 0 unspecified atom stereocenters. The highest BCUT2D eigenvalue weighted by Gasteiger charge is 2.24. The van der Waals surface area contributed by atoms with Gasteiger partial charge in [0.05, 0.1) is 32.8 Å². The molecule has 0 aromatic heterocycles. The minimum absolute atomic E-state index is 0.0572. The number of carbonyl (C=O) groups excluding carboxylic acids is 1. The summed E-state index contributed by atoms with van der Waals surface area (Å²) in [6.45, 7) is 16.0. The van der Waals surface area contributed by atoms with Crippen molar-refractivity contribution < 1.29 is 19.2 Å². The first-order valence-corrected chi connectivity index (χ1v) is 13.0. The highest BCUT2D eigenvalue weighted by atomic mass is 16.6. The third kappa shape index (κ3) is 17.2. The van der Waals surface area contributed by atoms with Crippen LogP contribution in [0.3, 0.4) is 0 Å². The molecule has 0 heterocycles. The highest BCUT2D eigenvalue weighted by Crippen LogP contribution is 2.16. The highest BCUT2D eigenvalue weighted by molar-refractivity contribution is 5.64. The molecule has 32 heavy (non-hydrogen) atoms. The summed E-state index contributed by atoms with van der Waals surface area (Å²) in [4.78, 5) is 15.2. The lowest BCUT2D eigenvalue weighted by molar-refractivity contribution is -0.929. The summed E-state index contributed by atoms with van der Waals surface area (Å²) in [6, 6.07) is 9.74. The number of quaternary nitrogens is 1. The van der Waals surface area contributed by atoms with Crippen LogP contribution in [0.2, 0.25) is 0 Å². The molecule has 0 aliphatic rings. The van der Waals surface area contributed by atoms with E-state index in [2.05, 4.69) is 33.2 Å². The monoisotopic (exact) mass is 450 g/mol. The molecule has 1 rings (SSSR count). The van der Waals surface area contributed by atoms with E-state index in [-0.39, 0.29) is 6.42 Å². The predicted molar refractivity (Wildman–Crippen MR) is 133 cm³/mol. The molecule has 0 radical (unpaired) electrons.